The molecule has 6 heteroatoms. The fraction of sp³-hybridized carbons (Fsp3) is 0. The van der Waals surface area contributed by atoms with E-state index in [0.29, 0.717) is 16.3 Å². The molecule has 17 heavy (non-hydrogen) atoms. The summed E-state index contributed by atoms with van der Waals surface area (Å²) in [6.07, 6.45) is 1.01. The number of nitriles is 1. The molecule has 2 N–H and O–H groups in total. The Morgan fingerprint density at radius 1 is 1.24 bits per heavy atom. The number of amides is 2. The maximum Gasteiger partial charge on any atom is 0.311 e. The van der Waals surface area contributed by atoms with Crippen molar-refractivity contribution < 1.29 is 14.3 Å². The van der Waals surface area contributed by atoms with Crippen LogP contribution in [0.1, 0.15) is 5.56 Å². The fourth-order valence-corrected chi connectivity index (χ4v) is 1.26. The van der Waals surface area contributed by atoms with Crippen molar-refractivity contribution >= 4 is 11.8 Å². The highest BCUT2D eigenvalue weighted by Gasteiger charge is 2.30. The first-order chi connectivity index (χ1) is 8.11. The van der Waals surface area contributed by atoms with Gasteiger partial charge in [0.2, 0.25) is 0 Å². The summed E-state index contributed by atoms with van der Waals surface area (Å²) >= 11 is 0. The van der Waals surface area contributed by atoms with Crippen LogP contribution in [0.5, 0.6) is 5.75 Å². The minimum Gasteiger partial charge on any atom is -0.451 e. The lowest BCUT2D eigenvalue weighted by molar-refractivity contribution is -0.138. The summed E-state index contributed by atoms with van der Waals surface area (Å²) in [6.45, 7) is 0. The molecule has 2 amide bonds. The van der Waals surface area contributed by atoms with Gasteiger partial charge < -0.3 is 4.74 Å². The molecule has 1 aliphatic rings. The summed E-state index contributed by atoms with van der Waals surface area (Å²) in [7, 11) is 0. The van der Waals surface area contributed by atoms with Crippen LogP contribution in [-0.2, 0) is 9.59 Å². The monoisotopic (exact) mass is 229 g/mol. The third kappa shape index (κ3) is 2.00. The molecule has 0 atom stereocenters. The molecule has 0 saturated carbocycles. The zero-order valence-corrected chi connectivity index (χ0v) is 8.58. The molecule has 0 aromatic heterocycles. The van der Waals surface area contributed by atoms with Crippen LogP contribution in [0, 0.1) is 11.3 Å². The maximum atomic E-state index is 11.4. The zero-order chi connectivity index (χ0) is 12.4. The highest BCUT2D eigenvalue weighted by atomic mass is 16.5. The number of nitrogens with zero attached hydrogens (tertiary/aromatic N) is 2. The summed E-state index contributed by atoms with van der Waals surface area (Å²) in [5.41, 5.74) is 0.473. The van der Waals surface area contributed by atoms with E-state index in [9.17, 15) is 9.59 Å². The zero-order valence-electron chi connectivity index (χ0n) is 8.58. The van der Waals surface area contributed by atoms with Crippen LogP contribution in [-0.4, -0.2) is 16.8 Å². The minimum absolute atomic E-state index is 0.137. The summed E-state index contributed by atoms with van der Waals surface area (Å²) < 4.78 is 5.19. The Bertz CT molecular complexity index is 554. The van der Waals surface area contributed by atoms with Crippen LogP contribution in [0.4, 0.5) is 0 Å². The van der Waals surface area contributed by atoms with Gasteiger partial charge in [0.15, 0.2) is 5.76 Å². The standard InChI is InChI=1S/C11H7N3O3/c12-6-7-1-3-8(4-2-7)17-9-5-10(15)14(13)11(9)16/h1-5H,13H2. The Morgan fingerprint density at radius 3 is 2.35 bits per heavy atom. The van der Waals surface area contributed by atoms with Crippen LogP contribution in [0.3, 0.4) is 0 Å². The van der Waals surface area contributed by atoms with Gasteiger partial charge in [0.25, 0.3) is 5.91 Å². The van der Waals surface area contributed by atoms with E-state index in [1.54, 1.807) is 0 Å². The number of imide groups is 1. The van der Waals surface area contributed by atoms with Gasteiger partial charge in [0.1, 0.15) is 5.75 Å². The average molecular weight is 229 g/mol. The Morgan fingerprint density at radius 2 is 1.88 bits per heavy atom. The quantitative estimate of drug-likeness (QED) is 0.439. The van der Waals surface area contributed by atoms with Gasteiger partial charge in [0.05, 0.1) is 17.7 Å². The van der Waals surface area contributed by atoms with Crippen molar-refractivity contribution in [1.82, 2.24) is 5.01 Å². The molecule has 1 aromatic rings. The van der Waals surface area contributed by atoms with Crippen molar-refractivity contribution in [2.24, 2.45) is 5.84 Å². The normalized spacial score (nSPS) is 14.6. The second-order valence-corrected chi connectivity index (χ2v) is 3.26. The Balaban J connectivity index is 2.17. The third-order valence-corrected chi connectivity index (χ3v) is 2.13. The van der Waals surface area contributed by atoms with E-state index in [2.05, 4.69) is 0 Å². The number of carbonyl (C=O) groups is 2. The fourth-order valence-electron chi connectivity index (χ4n) is 1.26. The molecule has 0 spiro atoms. The largest absolute Gasteiger partial charge is 0.451 e. The van der Waals surface area contributed by atoms with Crippen LogP contribution in [0.15, 0.2) is 36.1 Å². The molecule has 0 aliphatic carbocycles. The summed E-state index contributed by atoms with van der Waals surface area (Å²) in [4.78, 5) is 22.4. The Kier molecular flexibility index (Phi) is 2.60. The Hall–Kier alpha value is -2.65. The lowest BCUT2D eigenvalue weighted by Crippen LogP contribution is -2.37. The molecule has 0 saturated heterocycles. The van der Waals surface area contributed by atoms with Gasteiger partial charge in [-0.1, -0.05) is 0 Å². The highest BCUT2D eigenvalue weighted by Crippen LogP contribution is 2.18. The highest BCUT2D eigenvalue weighted by molar-refractivity contribution is 6.14. The first-order valence-corrected chi connectivity index (χ1v) is 4.64. The molecular formula is C11H7N3O3. The topological polar surface area (TPSA) is 96.4 Å². The van der Waals surface area contributed by atoms with E-state index in [1.165, 1.54) is 24.3 Å². The Labute approximate surface area is 96.5 Å². The van der Waals surface area contributed by atoms with Gasteiger partial charge in [0, 0.05) is 0 Å². The number of hydrogen-bond donors (Lipinski definition) is 1. The van der Waals surface area contributed by atoms with Gasteiger partial charge in [-0.2, -0.15) is 5.26 Å². The molecule has 1 heterocycles. The van der Waals surface area contributed by atoms with Gasteiger partial charge in [-0.15, -0.1) is 0 Å². The van der Waals surface area contributed by atoms with Gasteiger partial charge in [-0.25, -0.2) is 10.9 Å². The number of ether oxygens (including phenoxy) is 1. The third-order valence-electron chi connectivity index (χ3n) is 2.13. The molecule has 0 fully saturated rings. The molecule has 84 valence electrons. The van der Waals surface area contributed by atoms with E-state index >= 15 is 0 Å². The van der Waals surface area contributed by atoms with Crippen LogP contribution in [0.2, 0.25) is 0 Å². The first-order valence-electron chi connectivity index (χ1n) is 4.64. The molecule has 0 bridgehead atoms. The minimum atomic E-state index is -0.695. The summed E-state index contributed by atoms with van der Waals surface area (Å²) in [6, 6.07) is 8.08. The van der Waals surface area contributed by atoms with E-state index < -0.39 is 11.8 Å². The smallest absolute Gasteiger partial charge is 0.311 e. The lowest BCUT2D eigenvalue weighted by atomic mass is 10.2. The van der Waals surface area contributed by atoms with Gasteiger partial charge in [-0.3, -0.25) is 9.59 Å². The molecule has 1 aliphatic heterocycles. The average Bonchev–Trinajstić information content (AvgIpc) is 2.58. The van der Waals surface area contributed by atoms with Crippen molar-refractivity contribution in [3.63, 3.8) is 0 Å². The van der Waals surface area contributed by atoms with Gasteiger partial charge in [-0.05, 0) is 24.3 Å². The van der Waals surface area contributed by atoms with E-state index in [4.69, 9.17) is 15.8 Å². The number of benzene rings is 1. The van der Waals surface area contributed by atoms with Crippen molar-refractivity contribution in [3.8, 4) is 11.8 Å². The second kappa shape index (κ2) is 4.08. The van der Waals surface area contributed by atoms with Crippen molar-refractivity contribution in [3.05, 3.63) is 41.7 Å². The van der Waals surface area contributed by atoms with Crippen LogP contribution >= 0.6 is 0 Å². The predicted octanol–water partition coefficient (Wildman–Crippen LogP) is 0.0635. The first kappa shape index (κ1) is 10.9. The van der Waals surface area contributed by atoms with Gasteiger partial charge >= 0.3 is 5.91 Å². The second-order valence-electron chi connectivity index (χ2n) is 3.26. The predicted molar refractivity (Wildman–Crippen MR) is 55.9 cm³/mol. The molecule has 0 unspecified atom stereocenters. The molecule has 6 nitrogen and oxygen atoms in total. The number of carbonyl (C=O) groups excluding carboxylic acids is 2. The molecule has 1 aromatic carbocycles. The number of hydrazine groups is 1. The SMILES string of the molecule is N#Cc1ccc(OC2=CC(=O)N(N)C2=O)cc1. The summed E-state index contributed by atoms with van der Waals surface area (Å²) in [5, 5.41) is 9.07. The van der Waals surface area contributed by atoms with Crippen molar-refractivity contribution in [2.75, 3.05) is 0 Å². The molecule has 2 rings (SSSR count). The van der Waals surface area contributed by atoms with E-state index in [-0.39, 0.29) is 5.76 Å². The van der Waals surface area contributed by atoms with Crippen LogP contribution < -0.4 is 10.6 Å². The molecular weight excluding hydrogens is 222 g/mol. The van der Waals surface area contributed by atoms with E-state index in [1.807, 2.05) is 6.07 Å². The lowest BCUT2D eigenvalue weighted by Gasteiger charge is -2.07. The molecule has 0 radical (unpaired) electrons. The van der Waals surface area contributed by atoms with Crippen molar-refractivity contribution in [1.29, 1.82) is 5.26 Å². The van der Waals surface area contributed by atoms with Crippen LogP contribution in [0.25, 0.3) is 0 Å². The number of hydrogen-bond acceptors (Lipinski definition) is 5. The summed E-state index contributed by atoms with van der Waals surface area (Å²) in [5.74, 6) is 4.07. The number of rotatable bonds is 2. The van der Waals surface area contributed by atoms with E-state index in [0.717, 1.165) is 6.08 Å². The maximum absolute atomic E-state index is 11.4. The number of nitrogens with two attached hydrogens (primary N) is 1. The van der Waals surface area contributed by atoms with Crippen molar-refractivity contribution in [2.45, 2.75) is 0 Å².